The van der Waals surface area contributed by atoms with Gasteiger partial charge in [0, 0.05) is 13.0 Å². The second-order valence-corrected chi connectivity index (χ2v) is 4.52. The number of hydrogen-bond donors (Lipinski definition) is 1. The molecule has 2 rings (SSSR count). The van der Waals surface area contributed by atoms with Crippen LogP contribution in [-0.2, 0) is 11.2 Å². The first-order valence-corrected chi connectivity index (χ1v) is 5.87. The predicted octanol–water partition coefficient (Wildman–Crippen LogP) is 1.69. The maximum absolute atomic E-state index is 5.28. The highest BCUT2D eigenvalue weighted by molar-refractivity contribution is 7.15. The summed E-state index contributed by atoms with van der Waals surface area (Å²) in [6.45, 7) is 3.81. The number of aromatic nitrogens is 2. The lowest BCUT2D eigenvalue weighted by Gasteiger charge is -2.06. The maximum atomic E-state index is 5.28. The van der Waals surface area contributed by atoms with E-state index in [-0.39, 0.29) is 0 Å². The Hall–Kier alpha value is -0.680. The van der Waals surface area contributed by atoms with Crippen LogP contribution in [0, 0.1) is 0 Å². The first-order valence-electron chi connectivity index (χ1n) is 5.05. The van der Waals surface area contributed by atoms with Crippen LogP contribution < -0.4 is 5.32 Å². The summed E-state index contributed by atoms with van der Waals surface area (Å²) in [5, 5.41) is 13.6. The molecule has 1 saturated heterocycles. The molecule has 1 aromatic heterocycles. The molecule has 0 radical (unpaired) electrons. The van der Waals surface area contributed by atoms with Gasteiger partial charge in [0.15, 0.2) is 0 Å². The van der Waals surface area contributed by atoms with Crippen molar-refractivity contribution >= 4 is 16.5 Å². The first kappa shape index (κ1) is 9.86. The Labute approximate surface area is 87.7 Å². The number of ether oxygens (including phenoxy) is 1. The summed E-state index contributed by atoms with van der Waals surface area (Å²) in [7, 11) is 0. The topological polar surface area (TPSA) is 47.0 Å². The van der Waals surface area contributed by atoms with Crippen LogP contribution in [0.3, 0.4) is 0 Å². The summed E-state index contributed by atoms with van der Waals surface area (Å²) >= 11 is 1.66. The van der Waals surface area contributed by atoms with Crippen molar-refractivity contribution in [3.8, 4) is 0 Å². The Bertz CT molecular complexity index is 283. The normalized spacial score (nSPS) is 21.4. The molecule has 1 aliphatic rings. The number of aryl methyl sites for hydroxylation is 1. The molecule has 5 heteroatoms. The van der Waals surface area contributed by atoms with Crippen molar-refractivity contribution in [2.45, 2.75) is 32.2 Å². The molecule has 1 atom stereocenters. The van der Waals surface area contributed by atoms with E-state index < -0.39 is 0 Å². The van der Waals surface area contributed by atoms with Crippen LogP contribution in [0.15, 0.2) is 0 Å². The van der Waals surface area contributed by atoms with Crippen LogP contribution in [-0.4, -0.2) is 29.5 Å². The van der Waals surface area contributed by atoms with Gasteiger partial charge in [0.25, 0.3) is 0 Å². The standard InChI is InChI=1S/C9H15N3OS/c1-2-3-8-11-12-9(14-8)10-7-4-5-13-6-7/h7H,2-6H2,1H3,(H,10,12). The fourth-order valence-corrected chi connectivity index (χ4v) is 2.37. The third kappa shape index (κ3) is 2.42. The third-order valence-corrected chi connectivity index (χ3v) is 3.10. The Morgan fingerprint density at radius 3 is 3.21 bits per heavy atom. The minimum Gasteiger partial charge on any atom is -0.379 e. The zero-order chi connectivity index (χ0) is 9.80. The Morgan fingerprint density at radius 1 is 1.57 bits per heavy atom. The molecule has 0 saturated carbocycles. The SMILES string of the molecule is CCCc1nnc(NC2CCOC2)s1. The van der Waals surface area contributed by atoms with Crippen molar-refractivity contribution in [1.82, 2.24) is 10.2 Å². The van der Waals surface area contributed by atoms with Gasteiger partial charge in [-0.3, -0.25) is 0 Å². The molecule has 0 aromatic carbocycles. The fourth-order valence-electron chi connectivity index (χ4n) is 1.45. The molecule has 0 spiro atoms. The maximum Gasteiger partial charge on any atom is 0.205 e. The second-order valence-electron chi connectivity index (χ2n) is 3.46. The molecule has 1 aromatic rings. The molecule has 14 heavy (non-hydrogen) atoms. The van der Waals surface area contributed by atoms with Crippen molar-refractivity contribution in [3.63, 3.8) is 0 Å². The summed E-state index contributed by atoms with van der Waals surface area (Å²) in [5.74, 6) is 0. The lowest BCUT2D eigenvalue weighted by atomic mass is 10.3. The molecule has 1 aliphatic heterocycles. The second kappa shape index (κ2) is 4.70. The lowest BCUT2D eigenvalue weighted by molar-refractivity contribution is 0.195. The molecule has 78 valence electrons. The highest BCUT2D eigenvalue weighted by Crippen LogP contribution is 2.19. The van der Waals surface area contributed by atoms with Gasteiger partial charge in [-0.05, 0) is 12.8 Å². The van der Waals surface area contributed by atoms with E-state index in [1.165, 1.54) is 0 Å². The molecule has 0 aliphatic carbocycles. The van der Waals surface area contributed by atoms with Crippen molar-refractivity contribution in [2.24, 2.45) is 0 Å². The van der Waals surface area contributed by atoms with Gasteiger partial charge >= 0.3 is 0 Å². The van der Waals surface area contributed by atoms with Gasteiger partial charge in [0.2, 0.25) is 5.13 Å². The summed E-state index contributed by atoms with van der Waals surface area (Å²) in [5.41, 5.74) is 0. The van der Waals surface area contributed by atoms with Gasteiger partial charge in [-0.25, -0.2) is 0 Å². The van der Waals surface area contributed by atoms with Crippen LogP contribution in [0.5, 0.6) is 0 Å². The van der Waals surface area contributed by atoms with Gasteiger partial charge in [-0.15, -0.1) is 10.2 Å². The van der Waals surface area contributed by atoms with Gasteiger partial charge in [0.1, 0.15) is 5.01 Å². The van der Waals surface area contributed by atoms with Crippen LogP contribution in [0.25, 0.3) is 0 Å². The molecular weight excluding hydrogens is 198 g/mol. The van der Waals surface area contributed by atoms with Crippen molar-refractivity contribution in [3.05, 3.63) is 5.01 Å². The van der Waals surface area contributed by atoms with Crippen molar-refractivity contribution < 1.29 is 4.74 Å². The van der Waals surface area contributed by atoms with Crippen LogP contribution in [0.4, 0.5) is 5.13 Å². The summed E-state index contributed by atoms with van der Waals surface area (Å²) in [6, 6.07) is 0.428. The summed E-state index contributed by atoms with van der Waals surface area (Å²) in [4.78, 5) is 0. The number of rotatable bonds is 4. The van der Waals surface area contributed by atoms with Gasteiger partial charge in [0.05, 0.1) is 12.6 Å². The van der Waals surface area contributed by atoms with Gasteiger partial charge in [-0.1, -0.05) is 18.3 Å². The smallest absolute Gasteiger partial charge is 0.205 e. The minimum atomic E-state index is 0.428. The van der Waals surface area contributed by atoms with Gasteiger partial charge in [-0.2, -0.15) is 0 Å². The number of nitrogens with one attached hydrogen (secondary N) is 1. The van der Waals surface area contributed by atoms with E-state index in [1.54, 1.807) is 11.3 Å². The largest absolute Gasteiger partial charge is 0.379 e. The van der Waals surface area contributed by atoms with Crippen molar-refractivity contribution in [2.75, 3.05) is 18.5 Å². The van der Waals surface area contributed by atoms with Crippen LogP contribution >= 0.6 is 11.3 Å². The monoisotopic (exact) mass is 213 g/mol. The average Bonchev–Trinajstić information content (AvgIpc) is 2.79. The van der Waals surface area contributed by atoms with Gasteiger partial charge < -0.3 is 10.1 Å². The molecule has 1 unspecified atom stereocenters. The van der Waals surface area contributed by atoms with E-state index >= 15 is 0 Å². The average molecular weight is 213 g/mol. The van der Waals surface area contributed by atoms with Crippen LogP contribution in [0.1, 0.15) is 24.8 Å². The number of anilines is 1. The van der Waals surface area contributed by atoms with E-state index in [0.717, 1.165) is 42.6 Å². The van der Waals surface area contributed by atoms with E-state index in [2.05, 4.69) is 22.4 Å². The highest BCUT2D eigenvalue weighted by Gasteiger charge is 2.16. The summed E-state index contributed by atoms with van der Waals surface area (Å²) < 4.78 is 5.28. The van der Waals surface area contributed by atoms with E-state index in [1.807, 2.05) is 0 Å². The number of nitrogens with zero attached hydrogens (tertiary/aromatic N) is 2. The van der Waals surface area contributed by atoms with E-state index in [4.69, 9.17) is 4.74 Å². The van der Waals surface area contributed by atoms with Crippen LogP contribution in [0.2, 0.25) is 0 Å². The van der Waals surface area contributed by atoms with Crippen molar-refractivity contribution in [1.29, 1.82) is 0 Å². The quantitative estimate of drug-likeness (QED) is 0.827. The lowest BCUT2D eigenvalue weighted by Crippen LogP contribution is -2.18. The molecule has 2 heterocycles. The Balaban J connectivity index is 1.88. The zero-order valence-electron chi connectivity index (χ0n) is 8.32. The predicted molar refractivity (Wildman–Crippen MR) is 56.8 cm³/mol. The molecule has 1 N–H and O–H groups in total. The molecule has 1 fully saturated rings. The Morgan fingerprint density at radius 2 is 2.50 bits per heavy atom. The zero-order valence-corrected chi connectivity index (χ0v) is 9.14. The molecular formula is C9H15N3OS. The van der Waals surface area contributed by atoms with E-state index in [9.17, 15) is 0 Å². The molecule has 4 nitrogen and oxygen atoms in total. The molecule has 0 bridgehead atoms. The fraction of sp³-hybridized carbons (Fsp3) is 0.778. The number of hydrogen-bond acceptors (Lipinski definition) is 5. The first-order chi connectivity index (χ1) is 6.88. The summed E-state index contributed by atoms with van der Waals surface area (Å²) in [6.07, 6.45) is 3.23. The highest BCUT2D eigenvalue weighted by atomic mass is 32.1. The minimum absolute atomic E-state index is 0.428. The molecule has 0 amide bonds. The third-order valence-electron chi connectivity index (χ3n) is 2.19. The Kier molecular flexibility index (Phi) is 3.31. The van der Waals surface area contributed by atoms with E-state index in [0.29, 0.717) is 6.04 Å².